The monoisotopic (exact) mass is 514 g/mol. The predicted octanol–water partition coefficient (Wildman–Crippen LogP) is 7.40. The second-order valence-corrected chi connectivity index (χ2v) is 9.58. The molecule has 1 heterocycles. The van der Waals surface area contributed by atoms with Crippen molar-refractivity contribution < 1.29 is 9.18 Å². The van der Waals surface area contributed by atoms with Crippen LogP contribution >= 0.6 is 0 Å². The first-order valence-corrected chi connectivity index (χ1v) is 13.3. The summed E-state index contributed by atoms with van der Waals surface area (Å²) in [6, 6.07) is 20.0. The van der Waals surface area contributed by atoms with Crippen molar-refractivity contribution in [1.29, 1.82) is 0 Å². The van der Waals surface area contributed by atoms with Crippen LogP contribution in [0.2, 0.25) is 0 Å². The van der Waals surface area contributed by atoms with E-state index >= 15 is 0 Å². The van der Waals surface area contributed by atoms with Crippen LogP contribution in [0.3, 0.4) is 0 Å². The summed E-state index contributed by atoms with van der Waals surface area (Å²) >= 11 is 0. The van der Waals surface area contributed by atoms with Crippen molar-refractivity contribution in [2.45, 2.75) is 58.9 Å². The lowest BCUT2D eigenvalue weighted by Crippen LogP contribution is -2.41. The van der Waals surface area contributed by atoms with Gasteiger partial charge in [-0.3, -0.25) is 9.36 Å². The number of urea groups is 1. The Kier molecular flexibility index (Phi) is 8.89. The molecule has 0 radical (unpaired) electrons. The number of carbonyl (C=O) groups is 1. The fraction of sp³-hybridized carbons (Fsp3) is 0.323. The van der Waals surface area contributed by atoms with Crippen LogP contribution < -0.4 is 10.9 Å². The van der Waals surface area contributed by atoms with Crippen LogP contribution in [0.1, 0.15) is 63.4 Å². The van der Waals surface area contributed by atoms with Crippen molar-refractivity contribution in [3.05, 3.63) is 100 Å². The van der Waals surface area contributed by atoms with Crippen LogP contribution in [0.25, 0.3) is 16.6 Å². The number of hydrogen-bond acceptors (Lipinski definition) is 3. The zero-order valence-corrected chi connectivity index (χ0v) is 22.3. The van der Waals surface area contributed by atoms with Crippen molar-refractivity contribution in [1.82, 2.24) is 14.5 Å². The third-order valence-corrected chi connectivity index (χ3v) is 6.74. The molecule has 0 bridgehead atoms. The normalized spacial score (nSPS) is 11.9. The van der Waals surface area contributed by atoms with Crippen molar-refractivity contribution in [2.75, 3.05) is 11.9 Å². The van der Waals surface area contributed by atoms with E-state index < -0.39 is 11.9 Å². The molecule has 6 nitrogen and oxygen atoms in total. The van der Waals surface area contributed by atoms with Crippen molar-refractivity contribution in [3.63, 3.8) is 0 Å². The fourth-order valence-electron chi connectivity index (χ4n) is 4.73. The molecule has 0 aliphatic carbocycles. The van der Waals surface area contributed by atoms with Gasteiger partial charge in [0, 0.05) is 12.2 Å². The number of amides is 2. The topological polar surface area (TPSA) is 67.2 Å². The quantitative estimate of drug-likeness (QED) is 0.224. The Balaban J connectivity index is 1.83. The highest BCUT2D eigenvalue weighted by Crippen LogP contribution is 2.27. The second-order valence-electron chi connectivity index (χ2n) is 9.58. The Hall–Kier alpha value is -4.00. The number of nitrogens with one attached hydrogen (secondary N) is 1. The van der Waals surface area contributed by atoms with Gasteiger partial charge in [0.05, 0.1) is 22.6 Å². The number of carbonyl (C=O) groups excluding carboxylic acids is 1. The highest BCUT2D eigenvalue weighted by Gasteiger charge is 2.29. The van der Waals surface area contributed by atoms with Crippen molar-refractivity contribution in [3.8, 4) is 5.69 Å². The SMILES string of the molecule is CCCCCCN(C(=O)Nc1cccc(F)c1)C(CC)c1nc2ccccc2c(=O)n1-c1ccc(C)cc1. The first-order valence-electron chi connectivity index (χ1n) is 13.3. The van der Waals surface area contributed by atoms with Crippen LogP contribution in [-0.4, -0.2) is 27.0 Å². The molecule has 0 aliphatic heterocycles. The Morgan fingerprint density at radius 2 is 1.76 bits per heavy atom. The van der Waals surface area contributed by atoms with Crippen LogP contribution in [0.15, 0.2) is 77.6 Å². The average molecular weight is 515 g/mol. The minimum Gasteiger partial charge on any atom is -0.314 e. The van der Waals surface area contributed by atoms with Gasteiger partial charge in [-0.25, -0.2) is 14.2 Å². The van der Waals surface area contributed by atoms with Gasteiger partial charge in [-0.05, 0) is 62.2 Å². The summed E-state index contributed by atoms with van der Waals surface area (Å²) < 4.78 is 15.5. The molecule has 0 saturated heterocycles. The summed E-state index contributed by atoms with van der Waals surface area (Å²) in [5, 5.41) is 3.38. The minimum absolute atomic E-state index is 0.177. The summed E-state index contributed by atoms with van der Waals surface area (Å²) in [7, 11) is 0. The maximum Gasteiger partial charge on any atom is 0.322 e. The fourth-order valence-corrected chi connectivity index (χ4v) is 4.73. The second kappa shape index (κ2) is 12.5. The number of halogens is 1. The van der Waals surface area contributed by atoms with E-state index in [1.807, 2.05) is 56.3 Å². The van der Waals surface area contributed by atoms with E-state index in [1.165, 1.54) is 12.1 Å². The maximum atomic E-state index is 13.8. The van der Waals surface area contributed by atoms with E-state index in [0.717, 1.165) is 31.2 Å². The largest absolute Gasteiger partial charge is 0.322 e. The molecule has 1 atom stereocenters. The highest BCUT2D eigenvalue weighted by atomic mass is 19.1. The van der Waals surface area contributed by atoms with Gasteiger partial charge in [0.15, 0.2) is 0 Å². The Morgan fingerprint density at radius 3 is 2.47 bits per heavy atom. The molecule has 2 amide bonds. The smallest absolute Gasteiger partial charge is 0.314 e. The minimum atomic E-state index is -0.483. The molecule has 4 aromatic rings. The Bertz CT molecular complexity index is 1450. The first-order chi connectivity index (χ1) is 18.4. The summed E-state index contributed by atoms with van der Waals surface area (Å²) in [4.78, 5) is 34.2. The molecule has 0 aliphatic rings. The van der Waals surface area contributed by atoms with Gasteiger partial charge in [0.25, 0.3) is 5.56 Å². The van der Waals surface area contributed by atoms with E-state index in [4.69, 9.17) is 4.98 Å². The number of fused-ring (bicyclic) bond motifs is 1. The van der Waals surface area contributed by atoms with Crippen LogP contribution in [0.5, 0.6) is 0 Å². The molecule has 38 heavy (non-hydrogen) atoms. The average Bonchev–Trinajstić information content (AvgIpc) is 2.91. The standard InChI is InChI=1S/C31H35FN4O2/c1-4-6-7-10-20-35(31(38)33-24-13-11-12-23(32)21-24)28(5-2)29-34-27-15-9-8-14-26(27)30(37)36(29)25-18-16-22(3)17-19-25/h8-9,11-19,21,28H,4-7,10,20H2,1-3H3,(H,33,38). The van der Waals surface area contributed by atoms with Gasteiger partial charge in [0.2, 0.25) is 0 Å². The number of unbranched alkanes of at least 4 members (excludes halogenated alkanes) is 3. The lowest BCUT2D eigenvalue weighted by molar-refractivity contribution is 0.179. The number of hydrogen-bond donors (Lipinski definition) is 1. The molecular formula is C31H35FN4O2. The molecular weight excluding hydrogens is 479 g/mol. The molecule has 1 N–H and O–H groups in total. The molecule has 4 rings (SSSR count). The van der Waals surface area contributed by atoms with E-state index in [0.29, 0.717) is 41.1 Å². The number of aryl methyl sites for hydroxylation is 1. The Labute approximate surface area is 223 Å². The van der Waals surface area contributed by atoms with Gasteiger partial charge in [-0.15, -0.1) is 0 Å². The molecule has 7 heteroatoms. The molecule has 1 unspecified atom stereocenters. The van der Waals surface area contributed by atoms with Gasteiger partial charge in [0.1, 0.15) is 11.6 Å². The number of benzene rings is 3. The summed E-state index contributed by atoms with van der Waals surface area (Å²) in [5.41, 5.74) is 2.57. The third kappa shape index (κ3) is 6.10. The lowest BCUT2D eigenvalue weighted by Gasteiger charge is -2.32. The maximum absolute atomic E-state index is 13.8. The van der Waals surface area contributed by atoms with E-state index in [-0.39, 0.29) is 11.6 Å². The van der Waals surface area contributed by atoms with Crippen LogP contribution in [0.4, 0.5) is 14.9 Å². The summed E-state index contributed by atoms with van der Waals surface area (Å²) in [6.45, 7) is 6.61. The predicted molar refractivity (Wildman–Crippen MR) is 151 cm³/mol. The van der Waals surface area contributed by atoms with Crippen LogP contribution in [0, 0.1) is 12.7 Å². The molecule has 0 spiro atoms. The molecule has 0 fully saturated rings. The number of para-hydroxylation sites is 1. The number of aromatic nitrogens is 2. The molecule has 0 saturated carbocycles. The van der Waals surface area contributed by atoms with Gasteiger partial charge in [-0.1, -0.05) is 69.0 Å². The third-order valence-electron chi connectivity index (χ3n) is 6.74. The summed E-state index contributed by atoms with van der Waals surface area (Å²) in [5.74, 6) is 0.0821. The highest BCUT2D eigenvalue weighted by molar-refractivity contribution is 5.89. The zero-order valence-electron chi connectivity index (χ0n) is 22.3. The van der Waals surface area contributed by atoms with Gasteiger partial charge < -0.3 is 10.2 Å². The van der Waals surface area contributed by atoms with E-state index in [2.05, 4.69) is 12.2 Å². The number of rotatable bonds is 10. The number of anilines is 1. The zero-order chi connectivity index (χ0) is 27.1. The number of nitrogens with zero attached hydrogens (tertiary/aromatic N) is 3. The van der Waals surface area contributed by atoms with Gasteiger partial charge in [-0.2, -0.15) is 0 Å². The molecule has 3 aromatic carbocycles. The van der Waals surface area contributed by atoms with Gasteiger partial charge >= 0.3 is 6.03 Å². The van der Waals surface area contributed by atoms with E-state index in [1.54, 1.807) is 27.7 Å². The summed E-state index contributed by atoms with van der Waals surface area (Å²) in [6.07, 6.45) is 4.47. The Morgan fingerprint density at radius 1 is 1.00 bits per heavy atom. The van der Waals surface area contributed by atoms with Crippen LogP contribution in [-0.2, 0) is 0 Å². The molecule has 1 aromatic heterocycles. The first kappa shape index (κ1) is 27.0. The van der Waals surface area contributed by atoms with Crippen molar-refractivity contribution in [2.24, 2.45) is 0 Å². The van der Waals surface area contributed by atoms with Crippen molar-refractivity contribution >= 4 is 22.6 Å². The molecule has 198 valence electrons. The lowest BCUT2D eigenvalue weighted by atomic mass is 10.1. The van der Waals surface area contributed by atoms with E-state index in [9.17, 15) is 14.0 Å².